The van der Waals surface area contributed by atoms with E-state index >= 15 is 0 Å². The van der Waals surface area contributed by atoms with E-state index in [9.17, 15) is 8.78 Å². The lowest BCUT2D eigenvalue weighted by atomic mass is 9.68. The van der Waals surface area contributed by atoms with Crippen LogP contribution in [0.1, 0.15) is 135 Å². The Balaban J connectivity index is 1.16. The van der Waals surface area contributed by atoms with Crippen molar-refractivity contribution in [2.45, 2.75) is 136 Å². The summed E-state index contributed by atoms with van der Waals surface area (Å²) in [6.07, 6.45) is 24.1. The van der Waals surface area contributed by atoms with Crippen LogP contribution in [0.3, 0.4) is 0 Å². The maximum Gasteiger partial charge on any atom is 0.200 e. The van der Waals surface area contributed by atoms with Gasteiger partial charge in [0.05, 0.1) is 6.61 Å². The van der Waals surface area contributed by atoms with Gasteiger partial charge in [-0.3, -0.25) is 0 Å². The van der Waals surface area contributed by atoms with Crippen molar-refractivity contribution in [1.82, 2.24) is 0 Å². The molecule has 37 heavy (non-hydrogen) atoms. The standard InChI is InChI=1S/C34H54F2O/c1-3-5-7-26-8-10-28(11-9-26)24-37-32-23-22-31(33(35)34(32)36)21-16-27-14-19-30(20-15-27)29-17-12-25(6-4-2)13-18-29/h22-23,25-30H,3-21,24H2,1-2H3/t25-,26-,27-,28-,29-,30-. The summed E-state index contributed by atoms with van der Waals surface area (Å²) in [6.45, 7) is 5.08. The summed E-state index contributed by atoms with van der Waals surface area (Å²) in [5.41, 5.74) is 0.526. The molecule has 0 amide bonds. The zero-order valence-electron chi connectivity index (χ0n) is 23.9. The van der Waals surface area contributed by atoms with Gasteiger partial charge in [-0.2, -0.15) is 4.39 Å². The number of hydrogen-bond acceptors (Lipinski definition) is 1. The highest BCUT2D eigenvalue weighted by Crippen LogP contribution is 2.43. The molecule has 0 heterocycles. The number of rotatable bonds is 12. The van der Waals surface area contributed by atoms with E-state index in [2.05, 4.69) is 13.8 Å². The average Bonchev–Trinajstić information content (AvgIpc) is 2.94. The van der Waals surface area contributed by atoms with Crippen LogP contribution in [0.25, 0.3) is 0 Å². The van der Waals surface area contributed by atoms with E-state index in [1.54, 1.807) is 12.1 Å². The SMILES string of the molecule is CCCC[C@H]1CC[C@H](COc2ccc(CC[C@H]3CC[C@H]([C@H]4CC[C@H](CCC)CC4)CC3)c(F)c2F)CC1. The van der Waals surface area contributed by atoms with Crippen LogP contribution < -0.4 is 4.74 Å². The fourth-order valence-electron chi connectivity index (χ4n) is 7.93. The van der Waals surface area contributed by atoms with Crippen molar-refractivity contribution in [3.8, 4) is 5.75 Å². The van der Waals surface area contributed by atoms with Gasteiger partial charge in [0.1, 0.15) is 0 Å². The minimum atomic E-state index is -0.781. The van der Waals surface area contributed by atoms with Crippen LogP contribution in [0.5, 0.6) is 5.75 Å². The van der Waals surface area contributed by atoms with Crippen molar-refractivity contribution in [1.29, 1.82) is 0 Å². The minimum absolute atomic E-state index is 0.100. The quantitative estimate of drug-likeness (QED) is 0.268. The molecule has 3 saturated carbocycles. The number of unbranched alkanes of at least 4 members (excludes halogenated alkanes) is 1. The Bertz CT molecular complexity index is 783. The van der Waals surface area contributed by atoms with Crippen molar-refractivity contribution >= 4 is 0 Å². The third kappa shape index (κ3) is 8.43. The summed E-state index contributed by atoms with van der Waals surface area (Å²) < 4.78 is 35.5. The Morgan fingerprint density at radius 2 is 1.16 bits per heavy atom. The van der Waals surface area contributed by atoms with Gasteiger partial charge < -0.3 is 4.74 Å². The molecular formula is C34H54F2O. The van der Waals surface area contributed by atoms with E-state index in [1.165, 1.54) is 96.3 Å². The zero-order chi connectivity index (χ0) is 26.0. The maximum absolute atomic E-state index is 14.9. The fourth-order valence-corrected chi connectivity index (χ4v) is 7.93. The van der Waals surface area contributed by atoms with Gasteiger partial charge in [-0.15, -0.1) is 0 Å². The van der Waals surface area contributed by atoms with Crippen molar-refractivity contribution in [2.24, 2.45) is 35.5 Å². The molecular weight excluding hydrogens is 462 g/mol. The molecule has 3 fully saturated rings. The molecule has 0 radical (unpaired) electrons. The van der Waals surface area contributed by atoms with E-state index in [4.69, 9.17) is 4.74 Å². The molecule has 3 heteroatoms. The molecule has 0 atom stereocenters. The Morgan fingerprint density at radius 1 is 0.622 bits per heavy atom. The molecule has 0 saturated heterocycles. The molecule has 3 aliphatic carbocycles. The van der Waals surface area contributed by atoms with E-state index < -0.39 is 11.6 Å². The van der Waals surface area contributed by atoms with Gasteiger partial charge in [0.25, 0.3) is 0 Å². The summed E-state index contributed by atoms with van der Waals surface area (Å²) in [5.74, 6) is 3.48. The van der Waals surface area contributed by atoms with Crippen molar-refractivity contribution in [3.05, 3.63) is 29.3 Å². The van der Waals surface area contributed by atoms with Crippen molar-refractivity contribution < 1.29 is 13.5 Å². The Labute approximate surface area is 226 Å². The number of aryl methyl sites for hydroxylation is 1. The van der Waals surface area contributed by atoms with Crippen LogP contribution in [0.4, 0.5) is 8.78 Å². The molecule has 3 aliphatic rings. The molecule has 210 valence electrons. The number of hydrogen-bond donors (Lipinski definition) is 0. The van der Waals surface area contributed by atoms with Gasteiger partial charge in [-0.1, -0.05) is 90.5 Å². The third-order valence-electron chi connectivity index (χ3n) is 10.5. The molecule has 4 rings (SSSR count). The highest BCUT2D eigenvalue weighted by atomic mass is 19.2. The molecule has 1 aromatic rings. The molecule has 0 aliphatic heterocycles. The van der Waals surface area contributed by atoms with Gasteiger partial charge in [0.15, 0.2) is 11.6 Å². The highest BCUT2D eigenvalue weighted by Gasteiger charge is 2.31. The molecule has 0 spiro atoms. The van der Waals surface area contributed by atoms with E-state index in [0.717, 1.165) is 42.9 Å². The first kappa shape index (κ1) is 28.9. The smallest absolute Gasteiger partial charge is 0.200 e. The predicted molar refractivity (Wildman–Crippen MR) is 151 cm³/mol. The molecule has 0 unspecified atom stereocenters. The predicted octanol–water partition coefficient (Wildman–Crippen LogP) is 10.7. The summed E-state index contributed by atoms with van der Waals surface area (Å²) in [6, 6.07) is 3.45. The normalized spacial score (nSPS) is 30.8. The zero-order valence-corrected chi connectivity index (χ0v) is 23.9. The first-order chi connectivity index (χ1) is 18.1. The van der Waals surface area contributed by atoms with Crippen LogP contribution >= 0.6 is 0 Å². The Morgan fingerprint density at radius 3 is 1.76 bits per heavy atom. The maximum atomic E-state index is 14.9. The summed E-state index contributed by atoms with van der Waals surface area (Å²) >= 11 is 0. The largest absolute Gasteiger partial charge is 0.490 e. The van der Waals surface area contributed by atoms with Crippen LogP contribution in [0.2, 0.25) is 0 Å². The third-order valence-corrected chi connectivity index (χ3v) is 10.5. The lowest BCUT2D eigenvalue weighted by Crippen LogP contribution is -2.26. The van der Waals surface area contributed by atoms with Gasteiger partial charge >= 0.3 is 0 Å². The van der Waals surface area contributed by atoms with Crippen molar-refractivity contribution in [2.75, 3.05) is 6.61 Å². The topological polar surface area (TPSA) is 9.23 Å². The van der Waals surface area contributed by atoms with Crippen LogP contribution in [0.15, 0.2) is 12.1 Å². The summed E-state index contributed by atoms with van der Waals surface area (Å²) in [7, 11) is 0. The van der Waals surface area contributed by atoms with E-state index in [1.807, 2.05) is 0 Å². The van der Waals surface area contributed by atoms with Gasteiger partial charge in [-0.25, -0.2) is 4.39 Å². The number of ether oxygens (including phenoxy) is 1. The Kier molecular flexibility index (Phi) is 11.6. The van der Waals surface area contributed by atoms with Crippen LogP contribution in [0, 0.1) is 47.1 Å². The molecule has 1 nitrogen and oxygen atoms in total. The Hall–Kier alpha value is -1.12. The van der Waals surface area contributed by atoms with E-state index in [0.29, 0.717) is 30.4 Å². The lowest BCUT2D eigenvalue weighted by Gasteiger charge is -2.38. The van der Waals surface area contributed by atoms with Crippen LogP contribution in [-0.2, 0) is 6.42 Å². The van der Waals surface area contributed by atoms with Gasteiger partial charge in [0, 0.05) is 0 Å². The second-order valence-corrected chi connectivity index (χ2v) is 13.1. The minimum Gasteiger partial charge on any atom is -0.490 e. The average molecular weight is 517 g/mol. The van der Waals surface area contributed by atoms with Crippen LogP contribution in [-0.4, -0.2) is 6.61 Å². The van der Waals surface area contributed by atoms with Gasteiger partial charge in [-0.05, 0) is 98.5 Å². The fraction of sp³-hybridized carbons (Fsp3) is 0.824. The molecule has 0 aromatic heterocycles. The van der Waals surface area contributed by atoms with Crippen molar-refractivity contribution in [3.63, 3.8) is 0 Å². The number of benzene rings is 1. The lowest BCUT2D eigenvalue weighted by molar-refractivity contribution is 0.141. The first-order valence-electron chi connectivity index (χ1n) is 16.2. The highest BCUT2D eigenvalue weighted by molar-refractivity contribution is 5.31. The van der Waals surface area contributed by atoms with Gasteiger partial charge in [0.2, 0.25) is 5.82 Å². The van der Waals surface area contributed by atoms with E-state index in [-0.39, 0.29) is 5.75 Å². The molecule has 1 aromatic carbocycles. The molecule has 0 N–H and O–H groups in total. The first-order valence-corrected chi connectivity index (χ1v) is 16.2. The summed E-state index contributed by atoms with van der Waals surface area (Å²) in [5, 5.41) is 0. The number of halogens is 2. The second-order valence-electron chi connectivity index (χ2n) is 13.1. The summed E-state index contributed by atoms with van der Waals surface area (Å²) in [4.78, 5) is 0. The monoisotopic (exact) mass is 516 g/mol. The second kappa shape index (κ2) is 14.9. The molecule has 0 bridgehead atoms.